The zero-order valence-corrected chi connectivity index (χ0v) is 53.1. The lowest BCUT2D eigenvalue weighted by molar-refractivity contribution is 0.436. The summed E-state index contributed by atoms with van der Waals surface area (Å²) in [6.45, 7) is 20.4. The minimum Gasteiger partial charge on any atom is -0.457 e. The van der Waals surface area contributed by atoms with E-state index in [-0.39, 0.29) is 23.0 Å². The standard InChI is InChI=1S/C85H70BN3O2/c1-82(2,3)55-34-40-58(41-35-55)87(59-42-36-56(37-43-59)83(4,5)6)61-46-47-70-73(50-61)89(72-30-21-26-64-63-25-14-18-31-77(63)91-81(64)72)76-49-54(53-22-11-10-12-23-53)48-75-80(76)86(70)71-51-65-62-24-13-15-27-66(62)85(67-28-16-19-32-78(67)90-79-33-20-17-29-68(79)85)69(65)52-74(71)88(75)60-44-38-57(39-45-60)84(7,8)9/h10-52H,1-9H3. The Balaban J connectivity index is 1.00. The van der Waals surface area contributed by atoms with E-state index in [9.17, 15) is 0 Å². The molecule has 0 saturated carbocycles. The van der Waals surface area contributed by atoms with E-state index < -0.39 is 5.41 Å². The fourth-order valence-corrected chi connectivity index (χ4v) is 15.5. The molecule has 13 aromatic rings. The highest BCUT2D eigenvalue weighted by Gasteiger charge is 2.53. The first kappa shape index (κ1) is 54.8. The molecule has 1 spiro atoms. The SMILES string of the molecule is CC(C)(C)c1ccc(N(c2ccc(C(C)(C)C)cc2)c2ccc3c(c2)N(c2cccc4c2oc2ccccc24)c2cc(-c4ccccc4)cc4c2B3c2cc3c(cc2N4c2ccc(C(C)(C)C)cc2)C2(c4ccccc4Oc4ccccc42)c2ccccc2-3)cc1. The summed E-state index contributed by atoms with van der Waals surface area (Å²) in [5.74, 6) is 1.75. The van der Waals surface area contributed by atoms with Crippen LogP contribution in [0.25, 0.3) is 44.2 Å². The van der Waals surface area contributed by atoms with Crippen molar-refractivity contribution >= 4 is 96.2 Å². The molecule has 17 rings (SSSR count). The van der Waals surface area contributed by atoms with Gasteiger partial charge < -0.3 is 23.9 Å². The second-order valence-electron chi connectivity index (χ2n) is 28.5. The second-order valence-corrected chi connectivity index (χ2v) is 28.5. The van der Waals surface area contributed by atoms with Gasteiger partial charge in [-0.3, -0.25) is 0 Å². The predicted molar refractivity (Wildman–Crippen MR) is 381 cm³/mol. The highest BCUT2D eigenvalue weighted by atomic mass is 16.5. The van der Waals surface area contributed by atoms with Gasteiger partial charge >= 0.3 is 0 Å². The van der Waals surface area contributed by atoms with Gasteiger partial charge in [-0.15, -0.1) is 0 Å². The largest absolute Gasteiger partial charge is 0.457 e. The normalized spacial score (nSPS) is 14.1. The number of nitrogens with zero attached hydrogens (tertiary/aromatic N) is 3. The molecule has 0 unspecified atom stereocenters. The molecule has 91 heavy (non-hydrogen) atoms. The van der Waals surface area contributed by atoms with Crippen molar-refractivity contribution in [2.24, 2.45) is 0 Å². The molecule has 440 valence electrons. The van der Waals surface area contributed by atoms with Crippen LogP contribution in [0.1, 0.15) is 101 Å². The quantitative estimate of drug-likeness (QED) is 0.155. The summed E-state index contributed by atoms with van der Waals surface area (Å²) < 4.78 is 14.1. The topological polar surface area (TPSA) is 32.1 Å². The third-order valence-electron chi connectivity index (χ3n) is 20.0. The molecule has 1 aliphatic carbocycles. The monoisotopic (exact) mass is 1180 g/mol. The lowest BCUT2D eigenvalue weighted by Crippen LogP contribution is -2.61. The van der Waals surface area contributed by atoms with Crippen LogP contribution in [0.3, 0.4) is 0 Å². The van der Waals surface area contributed by atoms with Crippen molar-refractivity contribution in [1.82, 2.24) is 0 Å². The number of para-hydroxylation sites is 4. The molecule has 12 aromatic carbocycles. The summed E-state index contributed by atoms with van der Waals surface area (Å²) in [5, 5.41) is 2.16. The van der Waals surface area contributed by atoms with Gasteiger partial charge in [0.15, 0.2) is 5.58 Å². The summed E-state index contributed by atoms with van der Waals surface area (Å²) in [6.07, 6.45) is 0. The van der Waals surface area contributed by atoms with Crippen LogP contribution in [0.4, 0.5) is 51.2 Å². The Kier molecular flexibility index (Phi) is 12.0. The number of hydrogen-bond donors (Lipinski definition) is 0. The fraction of sp³-hybridized carbons (Fsp3) is 0.153. The van der Waals surface area contributed by atoms with Gasteiger partial charge in [0.25, 0.3) is 6.71 Å². The molecule has 5 nitrogen and oxygen atoms in total. The van der Waals surface area contributed by atoms with Gasteiger partial charge in [-0.1, -0.05) is 232 Å². The van der Waals surface area contributed by atoms with Crippen molar-refractivity contribution in [3.05, 3.63) is 300 Å². The molecule has 6 heteroatoms. The number of hydrogen-bond acceptors (Lipinski definition) is 5. The number of furan rings is 1. The van der Waals surface area contributed by atoms with Gasteiger partial charge in [0.2, 0.25) is 0 Å². The highest BCUT2D eigenvalue weighted by molar-refractivity contribution is 7.00. The van der Waals surface area contributed by atoms with Crippen LogP contribution in [-0.4, -0.2) is 6.71 Å². The Labute approximate surface area is 534 Å². The summed E-state index contributed by atoms with van der Waals surface area (Å²) in [7, 11) is 0. The molecule has 0 bridgehead atoms. The van der Waals surface area contributed by atoms with Gasteiger partial charge in [-0.25, -0.2) is 0 Å². The van der Waals surface area contributed by atoms with E-state index >= 15 is 0 Å². The lowest BCUT2D eigenvalue weighted by atomic mass is 9.33. The average Bonchev–Trinajstić information content (AvgIpc) is 1.62. The first-order valence-electron chi connectivity index (χ1n) is 32.2. The molecular formula is C85H70BN3O2. The molecule has 0 N–H and O–H groups in total. The van der Waals surface area contributed by atoms with Crippen LogP contribution in [0.5, 0.6) is 11.5 Å². The molecule has 0 atom stereocenters. The minimum absolute atomic E-state index is 0.0170. The van der Waals surface area contributed by atoms with Crippen molar-refractivity contribution in [2.45, 2.75) is 84.0 Å². The fourth-order valence-electron chi connectivity index (χ4n) is 15.5. The van der Waals surface area contributed by atoms with Crippen LogP contribution in [-0.2, 0) is 21.7 Å². The number of fused-ring (bicyclic) bond motifs is 16. The van der Waals surface area contributed by atoms with Crippen molar-refractivity contribution < 1.29 is 9.15 Å². The first-order chi connectivity index (χ1) is 44.0. The average molecular weight is 1180 g/mol. The van der Waals surface area contributed by atoms with Crippen LogP contribution < -0.4 is 35.8 Å². The van der Waals surface area contributed by atoms with Crippen LogP contribution in [0.2, 0.25) is 0 Å². The first-order valence-corrected chi connectivity index (χ1v) is 32.2. The van der Waals surface area contributed by atoms with E-state index in [4.69, 9.17) is 9.15 Å². The molecular weight excluding hydrogens is 1110 g/mol. The molecule has 0 saturated heterocycles. The van der Waals surface area contributed by atoms with E-state index in [0.29, 0.717) is 0 Å². The Morgan fingerprint density at radius 2 is 0.890 bits per heavy atom. The maximum atomic E-state index is 7.17. The Morgan fingerprint density at radius 1 is 0.363 bits per heavy atom. The lowest BCUT2D eigenvalue weighted by Gasteiger charge is -2.45. The summed E-state index contributed by atoms with van der Waals surface area (Å²) >= 11 is 0. The van der Waals surface area contributed by atoms with Crippen molar-refractivity contribution in [2.75, 3.05) is 14.7 Å². The van der Waals surface area contributed by atoms with Gasteiger partial charge in [0.05, 0.1) is 11.1 Å². The van der Waals surface area contributed by atoms with Gasteiger partial charge in [-0.05, 0) is 174 Å². The van der Waals surface area contributed by atoms with E-state index in [1.165, 1.54) is 55.3 Å². The van der Waals surface area contributed by atoms with Crippen LogP contribution in [0, 0.1) is 0 Å². The zero-order chi connectivity index (χ0) is 61.9. The molecule has 0 radical (unpaired) electrons. The maximum absolute atomic E-state index is 7.17. The van der Waals surface area contributed by atoms with Crippen LogP contribution in [0.15, 0.2) is 265 Å². The third kappa shape index (κ3) is 8.31. The Morgan fingerprint density at radius 3 is 1.53 bits per heavy atom. The second kappa shape index (κ2) is 19.9. The summed E-state index contributed by atoms with van der Waals surface area (Å²) in [5.41, 5.74) is 27.7. The smallest absolute Gasteiger partial charge is 0.252 e. The number of anilines is 9. The maximum Gasteiger partial charge on any atom is 0.252 e. The zero-order valence-electron chi connectivity index (χ0n) is 53.1. The van der Waals surface area contributed by atoms with Crippen molar-refractivity contribution in [1.29, 1.82) is 0 Å². The number of ether oxygens (including phenoxy) is 1. The van der Waals surface area contributed by atoms with E-state index in [0.717, 1.165) is 107 Å². The molecule has 3 aliphatic heterocycles. The number of rotatable bonds is 6. The number of benzene rings is 12. The highest BCUT2D eigenvalue weighted by Crippen LogP contribution is 2.63. The minimum atomic E-state index is -0.688. The van der Waals surface area contributed by atoms with E-state index in [2.05, 4.69) is 338 Å². The van der Waals surface area contributed by atoms with Crippen LogP contribution >= 0.6 is 0 Å². The van der Waals surface area contributed by atoms with E-state index in [1.54, 1.807) is 0 Å². The molecule has 4 aliphatic rings. The molecule has 4 heterocycles. The Hall–Kier alpha value is -10.3. The molecule has 0 amide bonds. The summed E-state index contributed by atoms with van der Waals surface area (Å²) in [6, 6.07) is 98.0. The molecule has 0 fully saturated rings. The van der Waals surface area contributed by atoms with E-state index in [1.807, 2.05) is 0 Å². The Bertz CT molecular complexity index is 5000. The summed E-state index contributed by atoms with van der Waals surface area (Å²) in [4.78, 5) is 7.60. The van der Waals surface area contributed by atoms with Crippen molar-refractivity contribution in [3.63, 3.8) is 0 Å². The molecule has 1 aromatic heterocycles. The predicted octanol–water partition coefficient (Wildman–Crippen LogP) is 21.2. The van der Waals surface area contributed by atoms with Crippen molar-refractivity contribution in [3.8, 4) is 33.8 Å². The van der Waals surface area contributed by atoms with Gasteiger partial charge in [-0.2, -0.15) is 0 Å². The third-order valence-corrected chi connectivity index (χ3v) is 20.0. The van der Waals surface area contributed by atoms with Gasteiger partial charge in [0.1, 0.15) is 17.1 Å². The van der Waals surface area contributed by atoms with Gasteiger partial charge in [0, 0.05) is 67.4 Å².